The molecule has 1 aromatic heterocycles. The number of hydrogen-bond donors (Lipinski definition) is 1. The van der Waals surface area contributed by atoms with Crippen LogP contribution in [-0.4, -0.2) is 28.4 Å². The summed E-state index contributed by atoms with van der Waals surface area (Å²) >= 11 is 0. The molecule has 0 saturated carbocycles. The van der Waals surface area contributed by atoms with Gasteiger partial charge in [0.2, 0.25) is 11.7 Å². The van der Waals surface area contributed by atoms with Crippen LogP contribution in [0.25, 0.3) is 11.4 Å². The van der Waals surface area contributed by atoms with Crippen LogP contribution in [0.4, 0.5) is 18.9 Å². The first-order chi connectivity index (χ1) is 12.1. The number of nitrogens with zero attached hydrogens (tertiary/aromatic N) is 3. The lowest BCUT2D eigenvalue weighted by atomic mass is 10.2. The standard InChI is InChI=1S/C17H14F3N3O2/c18-13-8-11(9-14(19)16(13)20)17-21-15(25-22-17)10-23(6-7-24)12-4-2-1-3-5-12/h1-5,8-9,24H,6-7,10H2. The van der Waals surface area contributed by atoms with E-state index in [-0.39, 0.29) is 30.4 Å². The highest BCUT2D eigenvalue weighted by Gasteiger charge is 2.17. The van der Waals surface area contributed by atoms with Crippen molar-refractivity contribution in [2.45, 2.75) is 6.54 Å². The number of aliphatic hydroxyl groups is 1. The minimum Gasteiger partial charge on any atom is -0.395 e. The van der Waals surface area contributed by atoms with Gasteiger partial charge in [-0.25, -0.2) is 13.2 Å². The predicted octanol–water partition coefficient (Wildman–Crippen LogP) is 3.15. The van der Waals surface area contributed by atoms with Gasteiger partial charge < -0.3 is 14.5 Å². The fourth-order valence-electron chi connectivity index (χ4n) is 2.34. The third kappa shape index (κ3) is 3.80. The zero-order chi connectivity index (χ0) is 17.8. The van der Waals surface area contributed by atoms with Crippen LogP contribution in [0.5, 0.6) is 0 Å². The van der Waals surface area contributed by atoms with Crippen LogP contribution in [0.3, 0.4) is 0 Å². The van der Waals surface area contributed by atoms with E-state index in [9.17, 15) is 18.3 Å². The van der Waals surface area contributed by atoms with E-state index in [1.54, 1.807) is 0 Å². The third-order valence-corrected chi connectivity index (χ3v) is 3.53. The molecule has 0 atom stereocenters. The summed E-state index contributed by atoms with van der Waals surface area (Å²) in [6.45, 7) is 0.454. The molecule has 0 saturated heterocycles. The molecular formula is C17H14F3N3O2. The van der Waals surface area contributed by atoms with Crippen molar-refractivity contribution in [3.63, 3.8) is 0 Å². The molecule has 0 spiro atoms. The molecule has 3 aromatic rings. The highest BCUT2D eigenvalue weighted by atomic mass is 19.2. The molecule has 0 aliphatic carbocycles. The predicted molar refractivity (Wildman–Crippen MR) is 84.2 cm³/mol. The number of rotatable bonds is 6. The van der Waals surface area contributed by atoms with Gasteiger partial charge in [-0.3, -0.25) is 0 Å². The molecule has 5 nitrogen and oxygen atoms in total. The van der Waals surface area contributed by atoms with Crippen LogP contribution in [0.2, 0.25) is 0 Å². The second kappa shape index (κ2) is 7.35. The number of anilines is 1. The van der Waals surface area contributed by atoms with Gasteiger partial charge in [-0.05, 0) is 24.3 Å². The molecule has 0 aliphatic rings. The molecule has 8 heteroatoms. The molecule has 0 radical (unpaired) electrons. The minimum absolute atomic E-state index is 0.0279. The first kappa shape index (κ1) is 17.0. The summed E-state index contributed by atoms with van der Waals surface area (Å²) in [7, 11) is 0. The van der Waals surface area contributed by atoms with Gasteiger partial charge in [-0.2, -0.15) is 4.98 Å². The first-order valence-corrected chi connectivity index (χ1v) is 7.47. The van der Waals surface area contributed by atoms with Crippen molar-refractivity contribution in [1.82, 2.24) is 10.1 Å². The Morgan fingerprint density at radius 1 is 1.04 bits per heavy atom. The summed E-state index contributed by atoms with van der Waals surface area (Å²) in [4.78, 5) is 5.89. The molecule has 2 aromatic carbocycles. The number of para-hydroxylation sites is 1. The normalized spacial score (nSPS) is 10.9. The molecule has 0 fully saturated rings. The average Bonchev–Trinajstić information content (AvgIpc) is 3.08. The van der Waals surface area contributed by atoms with Gasteiger partial charge >= 0.3 is 0 Å². The van der Waals surface area contributed by atoms with Crippen molar-refractivity contribution in [2.24, 2.45) is 0 Å². The van der Waals surface area contributed by atoms with E-state index in [1.807, 2.05) is 35.2 Å². The van der Waals surface area contributed by atoms with Crippen LogP contribution < -0.4 is 4.90 Å². The van der Waals surface area contributed by atoms with Crippen LogP contribution >= 0.6 is 0 Å². The van der Waals surface area contributed by atoms with E-state index in [2.05, 4.69) is 10.1 Å². The summed E-state index contributed by atoms with van der Waals surface area (Å²) in [5, 5.41) is 12.9. The number of aromatic nitrogens is 2. The third-order valence-electron chi connectivity index (χ3n) is 3.53. The van der Waals surface area contributed by atoms with Gasteiger partial charge in [0.15, 0.2) is 17.5 Å². The summed E-state index contributed by atoms with van der Waals surface area (Å²) in [5.74, 6) is -4.06. The number of aliphatic hydroxyl groups excluding tert-OH is 1. The zero-order valence-electron chi connectivity index (χ0n) is 13.0. The van der Waals surface area contributed by atoms with Crippen molar-refractivity contribution >= 4 is 5.69 Å². The molecule has 130 valence electrons. The molecule has 1 N–H and O–H groups in total. The molecule has 3 rings (SSSR count). The van der Waals surface area contributed by atoms with E-state index in [4.69, 9.17) is 4.52 Å². The Labute approximate surface area is 141 Å². The molecule has 0 amide bonds. The summed E-state index contributed by atoms with van der Waals surface area (Å²) < 4.78 is 44.8. The minimum atomic E-state index is -1.55. The Morgan fingerprint density at radius 3 is 2.36 bits per heavy atom. The molecule has 0 bridgehead atoms. The Kier molecular flexibility index (Phi) is 4.99. The highest BCUT2D eigenvalue weighted by molar-refractivity contribution is 5.54. The van der Waals surface area contributed by atoms with Gasteiger partial charge in [0.25, 0.3) is 0 Å². The lowest BCUT2D eigenvalue weighted by Crippen LogP contribution is -2.26. The van der Waals surface area contributed by atoms with Gasteiger partial charge in [-0.15, -0.1) is 0 Å². The topological polar surface area (TPSA) is 62.4 Å². The molecule has 1 heterocycles. The van der Waals surface area contributed by atoms with Gasteiger partial charge in [-0.1, -0.05) is 23.4 Å². The fraction of sp³-hybridized carbons (Fsp3) is 0.176. The first-order valence-electron chi connectivity index (χ1n) is 7.47. The molecule has 0 unspecified atom stereocenters. The van der Waals surface area contributed by atoms with Crippen molar-refractivity contribution in [3.05, 3.63) is 65.8 Å². The van der Waals surface area contributed by atoms with Crippen LogP contribution in [0.1, 0.15) is 5.89 Å². The van der Waals surface area contributed by atoms with Crippen LogP contribution in [0, 0.1) is 17.5 Å². The maximum absolute atomic E-state index is 13.3. The van der Waals surface area contributed by atoms with Gasteiger partial charge in [0.1, 0.15) is 0 Å². The molecular weight excluding hydrogens is 335 g/mol. The van der Waals surface area contributed by atoms with Crippen molar-refractivity contribution in [3.8, 4) is 11.4 Å². The van der Waals surface area contributed by atoms with Crippen LogP contribution in [0.15, 0.2) is 47.0 Å². The Balaban J connectivity index is 1.83. The Hall–Kier alpha value is -2.87. The van der Waals surface area contributed by atoms with E-state index in [0.717, 1.165) is 17.8 Å². The van der Waals surface area contributed by atoms with E-state index >= 15 is 0 Å². The number of halogens is 3. The Morgan fingerprint density at radius 2 is 1.72 bits per heavy atom. The van der Waals surface area contributed by atoms with Gasteiger partial charge in [0, 0.05) is 17.8 Å². The van der Waals surface area contributed by atoms with Crippen molar-refractivity contribution in [2.75, 3.05) is 18.1 Å². The second-order valence-electron chi connectivity index (χ2n) is 5.25. The highest BCUT2D eigenvalue weighted by Crippen LogP contribution is 2.22. The molecule has 0 aliphatic heterocycles. The maximum Gasteiger partial charge on any atom is 0.246 e. The largest absolute Gasteiger partial charge is 0.395 e. The summed E-state index contributed by atoms with van der Waals surface area (Å²) in [6.07, 6.45) is 0. The maximum atomic E-state index is 13.3. The van der Waals surface area contributed by atoms with E-state index < -0.39 is 17.5 Å². The second-order valence-corrected chi connectivity index (χ2v) is 5.25. The number of hydrogen-bond acceptors (Lipinski definition) is 5. The number of benzene rings is 2. The lowest BCUT2D eigenvalue weighted by Gasteiger charge is -2.21. The molecule has 25 heavy (non-hydrogen) atoms. The monoisotopic (exact) mass is 349 g/mol. The average molecular weight is 349 g/mol. The lowest BCUT2D eigenvalue weighted by molar-refractivity contribution is 0.298. The van der Waals surface area contributed by atoms with Gasteiger partial charge in [0.05, 0.1) is 13.2 Å². The Bertz CT molecular complexity index is 832. The summed E-state index contributed by atoms with van der Waals surface area (Å²) in [6, 6.07) is 10.9. The zero-order valence-corrected chi connectivity index (χ0v) is 13.0. The van der Waals surface area contributed by atoms with Crippen molar-refractivity contribution in [1.29, 1.82) is 0 Å². The SMILES string of the molecule is OCCN(Cc1nc(-c2cc(F)c(F)c(F)c2)no1)c1ccccc1. The van der Waals surface area contributed by atoms with E-state index in [1.165, 1.54) is 0 Å². The smallest absolute Gasteiger partial charge is 0.246 e. The summed E-state index contributed by atoms with van der Waals surface area (Å²) in [5.41, 5.74) is 0.815. The fourth-order valence-corrected chi connectivity index (χ4v) is 2.34. The quantitative estimate of drug-likeness (QED) is 0.693. The van der Waals surface area contributed by atoms with Crippen molar-refractivity contribution < 1.29 is 22.8 Å². The van der Waals surface area contributed by atoms with Crippen LogP contribution in [-0.2, 0) is 6.54 Å². The van der Waals surface area contributed by atoms with E-state index in [0.29, 0.717) is 6.54 Å².